The summed E-state index contributed by atoms with van der Waals surface area (Å²) in [6.45, 7) is 1.79. The number of methoxy groups -OCH3 is 1. The van der Waals surface area contributed by atoms with Crippen molar-refractivity contribution in [1.82, 2.24) is 14.9 Å². The zero-order valence-electron chi connectivity index (χ0n) is 15.0. The van der Waals surface area contributed by atoms with E-state index in [1.807, 2.05) is 37.6 Å². The minimum absolute atomic E-state index is 0.0847. The molecule has 1 aliphatic heterocycles. The van der Waals surface area contributed by atoms with Gasteiger partial charge in [0.05, 0.1) is 5.60 Å². The van der Waals surface area contributed by atoms with Crippen LogP contribution < -0.4 is 4.74 Å². The first-order valence-electron chi connectivity index (χ1n) is 9.15. The van der Waals surface area contributed by atoms with Crippen LogP contribution in [0.15, 0.2) is 42.9 Å². The number of pyridine rings is 2. The number of aromatic nitrogens is 2. The van der Waals surface area contributed by atoms with Crippen LogP contribution in [0.3, 0.4) is 0 Å². The molecule has 4 rings (SSSR count). The van der Waals surface area contributed by atoms with Crippen molar-refractivity contribution in [2.75, 3.05) is 13.7 Å². The molecular weight excluding hydrogens is 350 g/mol. The number of nitrogens with zero attached hydrogens (tertiary/aromatic N) is 3. The van der Waals surface area contributed by atoms with Gasteiger partial charge in [0.1, 0.15) is 6.10 Å². The van der Waals surface area contributed by atoms with Crippen LogP contribution in [0.2, 0.25) is 5.02 Å². The molecule has 2 aromatic rings. The van der Waals surface area contributed by atoms with Crippen molar-refractivity contribution in [1.29, 1.82) is 0 Å². The fourth-order valence-corrected chi connectivity index (χ4v) is 4.55. The quantitative estimate of drug-likeness (QED) is 0.799. The van der Waals surface area contributed by atoms with E-state index in [0.717, 1.165) is 49.4 Å². The molecule has 0 amide bonds. The first kappa shape index (κ1) is 17.7. The molecule has 2 aliphatic rings. The Balaban J connectivity index is 1.50. The van der Waals surface area contributed by atoms with Gasteiger partial charge in [-0.15, -0.1) is 0 Å². The Morgan fingerprint density at radius 2 is 2.19 bits per heavy atom. The van der Waals surface area contributed by atoms with E-state index >= 15 is 0 Å². The standard InChI is InChI=1S/C20H24ClN3O2/c1-25-20-7-5-16(26-19-4-2-3-9-23-19)12-18(20)24(11-8-20)14-15-13-22-10-6-17(15)21/h2-4,6,9-10,13,16,18H,5,7-8,11-12,14H2,1H3/t16-,18-,20+/m0/s1. The summed E-state index contributed by atoms with van der Waals surface area (Å²) in [6.07, 6.45) is 9.48. The molecule has 138 valence electrons. The van der Waals surface area contributed by atoms with Crippen molar-refractivity contribution in [2.45, 2.75) is 50.0 Å². The first-order valence-corrected chi connectivity index (χ1v) is 9.53. The Kier molecular flexibility index (Phi) is 5.11. The van der Waals surface area contributed by atoms with Gasteiger partial charge in [0.25, 0.3) is 0 Å². The van der Waals surface area contributed by atoms with Crippen molar-refractivity contribution in [3.63, 3.8) is 0 Å². The highest BCUT2D eigenvalue weighted by Crippen LogP contribution is 2.44. The number of hydrogen-bond donors (Lipinski definition) is 0. The van der Waals surface area contributed by atoms with E-state index in [9.17, 15) is 0 Å². The number of likely N-dealkylation sites (tertiary alicyclic amines) is 1. The lowest BCUT2D eigenvalue weighted by Gasteiger charge is -2.43. The zero-order chi connectivity index (χ0) is 18.0. The van der Waals surface area contributed by atoms with Gasteiger partial charge >= 0.3 is 0 Å². The second kappa shape index (κ2) is 7.51. The van der Waals surface area contributed by atoms with Gasteiger partial charge in [-0.3, -0.25) is 9.88 Å². The zero-order valence-corrected chi connectivity index (χ0v) is 15.7. The van der Waals surface area contributed by atoms with Crippen molar-refractivity contribution in [3.8, 4) is 5.88 Å². The molecule has 1 aliphatic carbocycles. The summed E-state index contributed by atoms with van der Waals surface area (Å²) in [4.78, 5) is 11.0. The lowest BCUT2D eigenvalue weighted by Crippen LogP contribution is -2.52. The molecule has 0 N–H and O–H groups in total. The summed E-state index contributed by atoms with van der Waals surface area (Å²) in [5, 5.41) is 0.770. The Hall–Kier alpha value is -1.69. The summed E-state index contributed by atoms with van der Waals surface area (Å²) < 4.78 is 12.2. The molecular formula is C20H24ClN3O2. The van der Waals surface area contributed by atoms with E-state index < -0.39 is 0 Å². The number of hydrogen-bond acceptors (Lipinski definition) is 5. The van der Waals surface area contributed by atoms with Crippen LogP contribution in [0.4, 0.5) is 0 Å². The van der Waals surface area contributed by atoms with Crippen LogP contribution in [-0.4, -0.2) is 46.3 Å². The Bertz CT molecular complexity index is 745. The summed E-state index contributed by atoms with van der Waals surface area (Å²) in [5.74, 6) is 0.697. The van der Waals surface area contributed by atoms with Crippen molar-refractivity contribution in [2.24, 2.45) is 0 Å². The Morgan fingerprint density at radius 1 is 1.27 bits per heavy atom. The van der Waals surface area contributed by atoms with Crippen molar-refractivity contribution < 1.29 is 9.47 Å². The van der Waals surface area contributed by atoms with E-state index in [0.29, 0.717) is 11.9 Å². The van der Waals surface area contributed by atoms with Gasteiger partial charge in [0, 0.05) is 67.9 Å². The van der Waals surface area contributed by atoms with Crippen LogP contribution in [0.25, 0.3) is 0 Å². The number of fused-ring (bicyclic) bond motifs is 1. The predicted octanol–water partition coefficient (Wildman–Crippen LogP) is 3.72. The van der Waals surface area contributed by atoms with Gasteiger partial charge in [-0.2, -0.15) is 0 Å². The topological polar surface area (TPSA) is 47.5 Å². The van der Waals surface area contributed by atoms with Gasteiger partial charge in [0.15, 0.2) is 0 Å². The Morgan fingerprint density at radius 3 is 2.96 bits per heavy atom. The lowest BCUT2D eigenvalue weighted by molar-refractivity contribution is -0.0843. The third-order valence-electron chi connectivity index (χ3n) is 5.80. The minimum Gasteiger partial charge on any atom is -0.474 e. The maximum Gasteiger partial charge on any atom is 0.213 e. The molecule has 6 heteroatoms. The SMILES string of the molecule is CO[C@@]12CC[C@H](Oc3ccccn3)C[C@@H]1N(Cc1cnccc1Cl)CC2. The third kappa shape index (κ3) is 3.43. The van der Waals surface area contributed by atoms with Crippen LogP contribution in [0, 0.1) is 0 Å². The molecule has 0 bridgehead atoms. The van der Waals surface area contributed by atoms with Gasteiger partial charge in [-0.25, -0.2) is 4.98 Å². The molecule has 0 spiro atoms. The fourth-order valence-electron chi connectivity index (χ4n) is 4.39. The molecule has 1 saturated heterocycles. The third-order valence-corrected chi connectivity index (χ3v) is 6.16. The minimum atomic E-state index is -0.0847. The Labute approximate surface area is 159 Å². The molecule has 26 heavy (non-hydrogen) atoms. The normalized spacial score (nSPS) is 28.7. The maximum absolute atomic E-state index is 6.35. The average Bonchev–Trinajstić information content (AvgIpc) is 3.03. The van der Waals surface area contributed by atoms with Crippen molar-refractivity contribution in [3.05, 3.63) is 53.4 Å². The second-order valence-corrected chi connectivity index (χ2v) is 7.56. The average molecular weight is 374 g/mol. The van der Waals surface area contributed by atoms with Gasteiger partial charge in [0.2, 0.25) is 5.88 Å². The maximum atomic E-state index is 6.35. The monoisotopic (exact) mass is 373 g/mol. The first-order chi connectivity index (χ1) is 12.7. The van der Waals surface area contributed by atoms with E-state index in [2.05, 4.69) is 14.9 Å². The largest absolute Gasteiger partial charge is 0.474 e. The van der Waals surface area contributed by atoms with Crippen LogP contribution in [0.5, 0.6) is 5.88 Å². The van der Waals surface area contributed by atoms with Crippen LogP contribution in [-0.2, 0) is 11.3 Å². The molecule has 3 heterocycles. The second-order valence-electron chi connectivity index (χ2n) is 7.15. The molecule has 2 aromatic heterocycles. The summed E-state index contributed by atoms with van der Waals surface area (Å²) in [6, 6.07) is 7.94. The predicted molar refractivity (Wildman–Crippen MR) is 100 cm³/mol. The summed E-state index contributed by atoms with van der Waals surface area (Å²) >= 11 is 6.35. The molecule has 0 aromatic carbocycles. The van der Waals surface area contributed by atoms with Crippen molar-refractivity contribution >= 4 is 11.6 Å². The summed E-state index contributed by atoms with van der Waals surface area (Å²) in [5.41, 5.74) is 0.979. The number of halogens is 1. The smallest absolute Gasteiger partial charge is 0.213 e. The fraction of sp³-hybridized carbons (Fsp3) is 0.500. The molecule has 0 unspecified atom stereocenters. The molecule has 3 atom stereocenters. The van der Waals surface area contributed by atoms with Gasteiger partial charge in [-0.05, 0) is 31.4 Å². The van der Waals surface area contributed by atoms with Gasteiger partial charge in [-0.1, -0.05) is 17.7 Å². The van der Waals surface area contributed by atoms with E-state index in [1.54, 1.807) is 12.4 Å². The highest BCUT2D eigenvalue weighted by atomic mass is 35.5. The van der Waals surface area contributed by atoms with Gasteiger partial charge < -0.3 is 9.47 Å². The highest BCUT2D eigenvalue weighted by molar-refractivity contribution is 6.31. The van der Waals surface area contributed by atoms with E-state index in [1.165, 1.54) is 0 Å². The molecule has 1 saturated carbocycles. The number of ether oxygens (including phenoxy) is 2. The van der Waals surface area contributed by atoms with Crippen LogP contribution >= 0.6 is 11.6 Å². The van der Waals surface area contributed by atoms with E-state index in [4.69, 9.17) is 21.1 Å². The molecule has 2 fully saturated rings. The summed E-state index contributed by atoms with van der Waals surface area (Å²) in [7, 11) is 1.84. The molecule has 5 nitrogen and oxygen atoms in total. The van der Waals surface area contributed by atoms with Crippen LogP contribution in [0.1, 0.15) is 31.2 Å². The molecule has 0 radical (unpaired) electrons. The highest BCUT2D eigenvalue weighted by Gasteiger charge is 2.51. The van der Waals surface area contributed by atoms with E-state index in [-0.39, 0.29) is 11.7 Å². The lowest BCUT2D eigenvalue weighted by atomic mass is 9.79. The number of rotatable bonds is 5.